The van der Waals surface area contributed by atoms with Crippen molar-refractivity contribution < 1.29 is 14.3 Å². The Balaban J connectivity index is 2.42. The maximum absolute atomic E-state index is 10.3. The Hall–Kier alpha value is -1.26. The lowest BCUT2D eigenvalue weighted by atomic mass is 9.98. The highest BCUT2D eigenvalue weighted by Crippen LogP contribution is 2.31. The summed E-state index contributed by atoms with van der Waals surface area (Å²) in [4.78, 5) is 0. The second kappa shape index (κ2) is 5.16. The van der Waals surface area contributed by atoms with Gasteiger partial charge in [-0.15, -0.1) is 0 Å². The topological polar surface area (TPSA) is 42.6 Å². The van der Waals surface area contributed by atoms with E-state index in [1.54, 1.807) is 19.2 Å². The van der Waals surface area contributed by atoms with Gasteiger partial charge in [0.05, 0.1) is 7.11 Å². The fraction of sp³-hybridized carbons (Fsp3) is 0.286. The van der Waals surface area contributed by atoms with Crippen LogP contribution in [0.25, 0.3) is 0 Å². The van der Waals surface area contributed by atoms with Gasteiger partial charge in [-0.25, -0.2) is 0 Å². The number of furan rings is 1. The van der Waals surface area contributed by atoms with Gasteiger partial charge in [0.15, 0.2) is 4.67 Å². The zero-order chi connectivity index (χ0) is 13.3. The zero-order valence-corrected chi connectivity index (χ0v) is 12.1. The van der Waals surface area contributed by atoms with E-state index in [4.69, 9.17) is 9.15 Å². The molecule has 0 saturated heterocycles. The van der Waals surface area contributed by atoms with Crippen molar-refractivity contribution in [2.75, 3.05) is 7.11 Å². The van der Waals surface area contributed by atoms with Crippen LogP contribution < -0.4 is 4.74 Å². The smallest absolute Gasteiger partial charge is 0.169 e. The molecule has 0 amide bonds. The Morgan fingerprint density at radius 2 is 1.94 bits per heavy atom. The van der Waals surface area contributed by atoms with Gasteiger partial charge in [0.2, 0.25) is 0 Å². The largest absolute Gasteiger partial charge is 0.496 e. The number of ether oxygens (including phenoxy) is 1. The molecule has 1 aromatic heterocycles. The van der Waals surface area contributed by atoms with E-state index in [-0.39, 0.29) is 0 Å². The van der Waals surface area contributed by atoms with E-state index in [1.807, 2.05) is 26.0 Å². The van der Waals surface area contributed by atoms with Gasteiger partial charge >= 0.3 is 0 Å². The van der Waals surface area contributed by atoms with E-state index >= 15 is 0 Å². The van der Waals surface area contributed by atoms with Gasteiger partial charge in [-0.3, -0.25) is 0 Å². The Labute approximate surface area is 115 Å². The predicted molar refractivity (Wildman–Crippen MR) is 72.9 cm³/mol. The van der Waals surface area contributed by atoms with Crippen LogP contribution in [0.1, 0.15) is 28.6 Å². The average Bonchev–Trinajstić information content (AvgIpc) is 2.77. The number of rotatable bonds is 3. The molecule has 1 unspecified atom stereocenters. The molecule has 1 heterocycles. The monoisotopic (exact) mass is 310 g/mol. The molecule has 18 heavy (non-hydrogen) atoms. The first-order chi connectivity index (χ1) is 8.52. The number of aliphatic hydroxyl groups is 1. The van der Waals surface area contributed by atoms with Crippen LogP contribution in [0.15, 0.2) is 33.4 Å². The number of hydrogen-bond acceptors (Lipinski definition) is 3. The first kappa shape index (κ1) is 13.2. The molecule has 3 nitrogen and oxygen atoms in total. The van der Waals surface area contributed by atoms with Crippen molar-refractivity contribution in [2.24, 2.45) is 0 Å². The van der Waals surface area contributed by atoms with Crippen molar-refractivity contribution in [3.63, 3.8) is 0 Å². The third-order valence-corrected chi connectivity index (χ3v) is 3.37. The minimum absolute atomic E-state index is 0.523. The minimum Gasteiger partial charge on any atom is -0.496 e. The molecule has 0 aliphatic heterocycles. The molecule has 0 saturated carbocycles. The summed E-state index contributed by atoms with van der Waals surface area (Å²) in [6.45, 7) is 3.89. The highest BCUT2D eigenvalue weighted by molar-refractivity contribution is 9.10. The maximum Gasteiger partial charge on any atom is 0.169 e. The number of methoxy groups -OCH3 is 1. The molecular weight excluding hydrogens is 296 g/mol. The van der Waals surface area contributed by atoms with E-state index in [2.05, 4.69) is 15.9 Å². The lowest BCUT2D eigenvalue weighted by Gasteiger charge is -2.14. The summed E-state index contributed by atoms with van der Waals surface area (Å²) in [5.74, 6) is 1.35. The number of hydrogen-bond donors (Lipinski definition) is 1. The number of benzene rings is 1. The molecule has 0 fully saturated rings. The van der Waals surface area contributed by atoms with Gasteiger partial charge in [0.25, 0.3) is 0 Å². The van der Waals surface area contributed by atoms with Gasteiger partial charge in [0.1, 0.15) is 17.6 Å². The van der Waals surface area contributed by atoms with Crippen LogP contribution in [0.4, 0.5) is 0 Å². The van der Waals surface area contributed by atoms with Crippen molar-refractivity contribution >= 4 is 15.9 Å². The Morgan fingerprint density at radius 1 is 1.22 bits per heavy atom. The van der Waals surface area contributed by atoms with Crippen molar-refractivity contribution in [3.05, 3.63) is 51.4 Å². The molecule has 1 atom stereocenters. The predicted octanol–water partition coefficient (Wildman–Crippen LogP) is 3.75. The number of aryl methyl sites for hydroxylation is 2. The normalized spacial score (nSPS) is 12.5. The van der Waals surface area contributed by atoms with Crippen LogP contribution in [-0.4, -0.2) is 12.2 Å². The van der Waals surface area contributed by atoms with Gasteiger partial charge in [-0.1, -0.05) is 0 Å². The molecule has 0 spiro atoms. The SMILES string of the molecule is COc1cc(C)c(C(O)c2ccc(Br)o2)cc1C. The van der Waals surface area contributed by atoms with E-state index in [0.717, 1.165) is 22.4 Å². The molecule has 4 heteroatoms. The molecule has 2 aromatic rings. The lowest BCUT2D eigenvalue weighted by molar-refractivity contribution is 0.187. The van der Waals surface area contributed by atoms with Crippen molar-refractivity contribution in [3.8, 4) is 5.75 Å². The first-order valence-corrected chi connectivity index (χ1v) is 6.40. The van der Waals surface area contributed by atoms with Crippen LogP contribution in [-0.2, 0) is 0 Å². The average molecular weight is 311 g/mol. The summed E-state index contributed by atoms with van der Waals surface area (Å²) < 4.78 is 11.3. The molecule has 96 valence electrons. The van der Waals surface area contributed by atoms with Crippen LogP contribution in [0, 0.1) is 13.8 Å². The highest BCUT2D eigenvalue weighted by Gasteiger charge is 2.18. The van der Waals surface area contributed by atoms with Crippen LogP contribution in [0.2, 0.25) is 0 Å². The summed E-state index contributed by atoms with van der Waals surface area (Å²) in [6, 6.07) is 7.37. The second-order valence-corrected chi connectivity index (χ2v) is 5.00. The Kier molecular flexibility index (Phi) is 3.78. The number of halogens is 1. The fourth-order valence-electron chi connectivity index (χ4n) is 1.96. The second-order valence-electron chi connectivity index (χ2n) is 4.22. The summed E-state index contributed by atoms with van der Waals surface area (Å²) in [5, 5.41) is 10.3. The molecular formula is C14H15BrO3. The molecule has 1 aromatic carbocycles. The van der Waals surface area contributed by atoms with E-state index in [0.29, 0.717) is 10.4 Å². The summed E-state index contributed by atoms with van der Waals surface area (Å²) in [7, 11) is 1.64. The quantitative estimate of drug-likeness (QED) is 0.939. The van der Waals surface area contributed by atoms with E-state index in [1.165, 1.54) is 0 Å². The zero-order valence-electron chi connectivity index (χ0n) is 10.5. The third-order valence-electron chi connectivity index (χ3n) is 2.94. The highest BCUT2D eigenvalue weighted by atomic mass is 79.9. The van der Waals surface area contributed by atoms with E-state index < -0.39 is 6.10 Å². The third kappa shape index (κ3) is 2.44. The lowest BCUT2D eigenvalue weighted by Crippen LogP contribution is -2.02. The van der Waals surface area contributed by atoms with Crippen molar-refractivity contribution in [1.82, 2.24) is 0 Å². The van der Waals surface area contributed by atoms with Gasteiger partial charge in [-0.2, -0.15) is 0 Å². The maximum atomic E-state index is 10.3. The molecule has 0 radical (unpaired) electrons. The minimum atomic E-state index is -0.763. The Bertz CT molecular complexity index is 560. The Morgan fingerprint density at radius 3 is 2.50 bits per heavy atom. The van der Waals surface area contributed by atoms with Crippen LogP contribution >= 0.6 is 15.9 Å². The van der Waals surface area contributed by atoms with Crippen LogP contribution in [0.3, 0.4) is 0 Å². The molecule has 0 aliphatic rings. The number of aliphatic hydroxyl groups excluding tert-OH is 1. The van der Waals surface area contributed by atoms with E-state index in [9.17, 15) is 5.11 Å². The molecule has 2 rings (SSSR count). The fourth-order valence-corrected chi connectivity index (χ4v) is 2.27. The standard InChI is InChI=1S/C14H15BrO3/c1-8-7-12(17-3)9(2)6-10(8)14(16)11-4-5-13(15)18-11/h4-7,14,16H,1-3H3. The van der Waals surface area contributed by atoms with Gasteiger partial charge in [-0.05, 0) is 70.7 Å². The molecule has 1 N–H and O–H groups in total. The van der Waals surface area contributed by atoms with Crippen LogP contribution in [0.5, 0.6) is 5.75 Å². The molecule has 0 bridgehead atoms. The summed E-state index contributed by atoms with van der Waals surface area (Å²) >= 11 is 3.23. The molecule has 0 aliphatic carbocycles. The van der Waals surface area contributed by atoms with Gasteiger partial charge < -0.3 is 14.3 Å². The first-order valence-electron chi connectivity index (χ1n) is 5.61. The van der Waals surface area contributed by atoms with Gasteiger partial charge in [0, 0.05) is 0 Å². The van der Waals surface area contributed by atoms with Crippen molar-refractivity contribution in [2.45, 2.75) is 20.0 Å². The van der Waals surface area contributed by atoms with Crippen molar-refractivity contribution in [1.29, 1.82) is 0 Å². The summed E-state index contributed by atoms with van der Waals surface area (Å²) in [5.41, 5.74) is 2.79. The summed E-state index contributed by atoms with van der Waals surface area (Å²) in [6.07, 6.45) is -0.763.